The van der Waals surface area contributed by atoms with E-state index >= 15 is 0 Å². The third kappa shape index (κ3) is 5.37. The van der Waals surface area contributed by atoms with Crippen LogP contribution in [0.15, 0.2) is 29.6 Å². The van der Waals surface area contributed by atoms with E-state index in [0.29, 0.717) is 12.2 Å². The van der Waals surface area contributed by atoms with Gasteiger partial charge in [0.15, 0.2) is 0 Å². The second-order valence-electron chi connectivity index (χ2n) is 5.92. The Hall–Kier alpha value is -2.08. The first-order valence-corrected chi connectivity index (χ1v) is 7.95. The van der Waals surface area contributed by atoms with Crippen molar-refractivity contribution < 1.29 is 9.53 Å². The number of anilines is 2. The predicted octanol–water partition coefficient (Wildman–Crippen LogP) is 4.41. The predicted molar refractivity (Wildman–Crippen MR) is 90.5 cm³/mol. The second-order valence-corrected chi connectivity index (χ2v) is 6.98. The number of hydrogen-bond donors (Lipinski definition) is 2. The zero-order chi connectivity index (χ0) is 16.2. The Kier molecular flexibility index (Phi) is 5.03. The highest BCUT2D eigenvalue weighted by Gasteiger charge is 2.16. The number of nitrogens with one attached hydrogen (secondary N) is 2. The summed E-state index contributed by atoms with van der Waals surface area (Å²) >= 11 is 1.63. The fourth-order valence-corrected chi connectivity index (χ4v) is 2.42. The minimum absolute atomic E-state index is 0.459. The molecule has 0 spiro atoms. The lowest BCUT2D eigenvalue weighted by molar-refractivity contribution is 0.0636. The zero-order valence-corrected chi connectivity index (χ0v) is 14.1. The van der Waals surface area contributed by atoms with Crippen LogP contribution in [0.5, 0.6) is 0 Å². The molecule has 5 nitrogen and oxygen atoms in total. The number of rotatable bonds is 4. The van der Waals surface area contributed by atoms with Crippen LogP contribution in [0.2, 0.25) is 0 Å². The van der Waals surface area contributed by atoms with Crippen LogP contribution in [-0.4, -0.2) is 16.7 Å². The van der Waals surface area contributed by atoms with Crippen LogP contribution in [0, 0.1) is 6.92 Å². The highest BCUT2D eigenvalue weighted by molar-refractivity contribution is 7.09. The van der Waals surface area contributed by atoms with E-state index in [1.807, 2.05) is 57.3 Å². The first kappa shape index (κ1) is 16.3. The van der Waals surface area contributed by atoms with E-state index in [4.69, 9.17) is 4.74 Å². The number of carbonyl (C=O) groups is 1. The van der Waals surface area contributed by atoms with Gasteiger partial charge < -0.3 is 10.1 Å². The van der Waals surface area contributed by atoms with Crippen molar-refractivity contribution in [1.82, 2.24) is 4.98 Å². The summed E-state index contributed by atoms with van der Waals surface area (Å²) in [4.78, 5) is 16.2. The van der Waals surface area contributed by atoms with Gasteiger partial charge in [-0.05, 0) is 45.9 Å². The van der Waals surface area contributed by atoms with Gasteiger partial charge in [0.1, 0.15) is 5.60 Å². The molecule has 0 saturated carbocycles. The van der Waals surface area contributed by atoms with Crippen LogP contribution < -0.4 is 10.6 Å². The average molecular weight is 319 g/mol. The fourth-order valence-electron chi connectivity index (χ4n) is 1.81. The number of thiazole rings is 1. The average Bonchev–Trinajstić information content (AvgIpc) is 2.80. The summed E-state index contributed by atoms with van der Waals surface area (Å²) in [6, 6.07) is 7.51. The molecule has 0 radical (unpaired) electrons. The van der Waals surface area contributed by atoms with Gasteiger partial charge in [0, 0.05) is 16.8 Å². The minimum atomic E-state index is -0.511. The zero-order valence-electron chi connectivity index (χ0n) is 13.3. The molecule has 118 valence electrons. The maximum Gasteiger partial charge on any atom is 0.412 e. The molecule has 1 amide bonds. The number of nitrogens with zero attached hydrogens (tertiary/aromatic N) is 1. The van der Waals surface area contributed by atoms with Gasteiger partial charge in [0.25, 0.3) is 0 Å². The lowest BCUT2D eigenvalue weighted by Gasteiger charge is -2.19. The van der Waals surface area contributed by atoms with Crippen molar-refractivity contribution in [3.8, 4) is 0 Å². The molecule has 0 aliphatic carbocycles. The highest BCUT2D eigenvalue weighted by Crippen LogP contribution is 2.18. The fraction of sp³-hybridized carbons (Fsp3) is 0.375. The van der Waals surface area contributed by atoms with Gasteiger partial charge >= 0.3 is 6.09 Å². The minimum Gasteiger partial charge on any atom is -0.444 e. The van der Waals surface area contributed by atoms with Gasteiger partial charge in [-0.25, -0.2) is 9.78 Å². The summed E-state index contributed by atoms with van der Waals surface area (Å²) in [6.45, 7) is 8.14. The summed E-state index contributed by atoms with van der Waals surface area (Å²) < 4.78 is 5.23. The van der Waals surface area contributed by atoms with E-state index < -0.39 is 11.7 Å². The van der Waals surface area contributed by atoms with Crippen LogP contribution >= 0.6 is 11.3 Å². The number of carbonyl (C=O) groups excluding carboxylic acids is 1. The Labute approximate surface area is 134 Å². The normalized spacial score (nSPS) is 11.1. The number of aromatic nitrogens is 1. The molecular formula is C16H21N3O2S. The van der Waals surface area contributed by atoms with Crippen LogP contribution in [0.4, 0.5) is 16.2 Å². The standard InChI is InChI=1S/C16H21N3O2S/c1-11-18-14(10-22-11)9-17-12-6-5-7-13(8-12)19-15(20)21-16(2,3)4/h5-8,10,17H,9H2,1-4H3,(H,19,20). The maximum atomic E-state index is 11.8. The van der Waals surface area contributed by atoms with Crippen molar-refractivity contribution in [3.05, 3.63) is 40.3 Å². The first-order chi connectivity index (χ1) is 10.3. The van der Waals surface area contributed by atoms with E-state index in [1.165, 1.54) is 0 Å². The van der Waals surface area contributed by atoms with Crippen LogP contribution in [0.3, 0.4) is 0 Å². The molecule has 1 aromatic carbocycles. The Morgan fingerprint density at radius 1 is 1.32 bits per heavy atom. The third-order valence-electron chi connectivity index (χ3n) is 2.65. The molecule has 2 aromatic rings. The highest BCUT2D eigenvalue weighted by atomic mass is 32.1. The molecule has 0 atom stereocenters. The van der Waals surface area contributed by atoms with Crippen LogP contribution in [0.25, 0.3) is 0 Å². The number of benzene rings is 1. The summed E-state index contributed by atoms with van der Waals surface area (Å²) in [5.74, 6) is 0. The Balaban J connectivity index is 1.93. The SMILES string of the molecule is Cc1nc(CNc2cccc(NC(=O)OC(C)(C)C)c2)cs1. The van der Waals surface area contributed by atoms with E-state index in [1.54, 1.807) is 11.3 Å². The van der Waals surface area contributed by atoms with E-state index in [0.717, 1.165) is 16.4 Å². The van der Waals surface area contributed by atoms with Crippen LogP contribution in [-0.2, 0) is 11.3 Å². The van der Waals surface area contributed by atoms with Crippen molar-refractivity contribution in [3.63, 3.8) is 0 Å². The van der Waals surface area contributed by atoms with E-state index in [2.05, 4.69) is 15.6 Å². The molecule has 2 N–H and O–H groups in total. The number of ether oxygens (including phenoxy) is 1. The number of aryl methyl sites for hydroxylation is 1. The molecular weight excluding hydrogens is 298 g/mol. The van der Waals surface area contributed by atoms with Gasteiger partial charge in [-0.15, -0.1) is 11.3 Å². The maximum absolute atomic E-state index is 11.8. The summed E-state index contributed by atoms with van der Waals surface area (Å²) in [5.41, 5.74) is 2.10. The summed E-state index contributed by atoms with van der Waals surface area (Å²) in [5, 5.41) is 9.10. The van der Waals surface area contributed by atoms with Crippen molar-refractivity contribution in [2.75, 3.05) is 10.6 Å². The molecule has 1 heterocycles. The first-order valence-electron chi connectivity index (χ1n) is 7.07. The Morgan fingerprint density at radius 2 is 2.05 bits per heavy atom. The molecule has 0 unspecified atom stereocenters. The molecule has 22 heavy (non-hydrogen) atoms. The van der Waals surface area contributed by atoms with Crippen LogP contribution in [0.1, 0.15) is 31.5 Å². The molecule has 0 saturated heterocycles. The molecule has 0 aliphatic rings. The number of hydrogen-bond acceptors (Lipinski definition) is 5. The summed E-state index contributed by atoms with van der Waals surface area (Å²) in [7, 11) is 0. The Morgan fingerprint density at radius 3 is 2.68 bits per heavy atom. The smallest absolute Gasteiger partial charge is 0.412 e. The number of amides is 1. The largest absolute Gasteiger partial charge is 0.444 e. The topological polar surface area (TPSA) is 63.2 Å². The molecule has 1 aromatic heterocycles. The monoisotopic (exact) mass is 319 g/mol. The van der Waals surface area contributed by atoms with Gasteiger partial charge in [-0.1, -0.05) is 6.07 Å². The van der Waals surface area contributed by atoms with Crippen molar-refractivity contribution in [2.24, 2.45) is 0 Å². The third-order valence-corrected chi connectivity index (χ3v) is 3.47. The molecule has 0 fully saturated rings. The van der Waals surface area contributed by atoms with Crippen molar-refractivity contribution in [1.29, 1.82) is 0 Å². The molecule has 0 bridgehead atoms. The van der Waals surface area contributed by atoms with Gasteiger partial charge in [0.05, 0.1) is 17.2 Å². The lowest BCUT2D eigenvalue weighted by Crippen LogP contribution is -2.27. The van der Waals surface area contributed by atoms with E-state index in [9.17, 15) is 4.79 Å². The molecule has 0 aliphatic heterocycles. The summed E-state index contributed by atoms with van der Waals surface area (Å²) in [6.07, 6.45) is -0.459. The van der Waals surface area contributed by atoms with E-state index in [-0.39, 0.29) is 0 Å². The second kappa shape index (κ2) is 6.79. The Bertz CT molecular complexity index is 647. The van der Waals surface area contributed by atoms with Crippen molar-refractivity contribution >= 4 is 28.8 Å². The van der Waals surface area contributed by atoms with Gasteiger partial charge in [-0.2, -0.15) is 0 Å². The lowest BCUT2D eigenvalue weighted by atomic mass is 10.2. The molecule has 2 rings (SSSR count). The molecule has 6 heteroatoms. The van der Waals surface area contributed by atoms with Gasteiger partial charge in [0.2, 0.25) is 0 Å². The van der Waals surface area contributed by atoms with Crippen molar-refractivity contribution in [2.45, 2.75) is 39.8 Å². The quantitative estimate of drug-likeness (QED) is 0.876. The van der Waals surface area contributed by atoms with Gasteiger partial charge in [-0.3, -0.25) is 5.32 Å².